The first kappa shape index (κ1) is 13.2. The average Bonchev–Trinajstić information content (AvgIpc) is 2.38. The van der Waals surface area contributed by atoms with Crippen molar-refractivity contribution < 1.29 is 14.6 Å². The van der Waals surface area contributed by atoms with E-state index in [1.165, 1.54) is 12.1 Å². The second kappa shape index (κ2) is 5.63. The fourth-order valence-corrected chi connectivity index (χ4v) is 1.79. The number of carbonyl (C=O) groups is 1. The lowest BCUT2D eigenvalue weighted by atomic mass is 10.1. The number of hydrogen-bond acceptors (Lipinski definition) is 2. The van der Waals surface area contributed by atoms with Crippen molar-refractivity contribution in [3.63, 3.8) is 0 Å². The largest absolute Gasteiger partial charge is 0.696 e. The zero-order chi connectivity index (χ0) is 13.8. The van der Waals surface area contributed by atoms with Gasteiger partial charge in [-0.15, -0.1) is 0 Å². The second-order valence-corrected chi connectivity index (χ2v) is 4.32. The molecular weight excluding hydrogens is 266 g/mol. The lowest BCUT2D eigenvalue weighted by Crippen LogP contribution is -2.18. The van der Waals surface area contributed by atoms with E-state index in [1.807, 2.05) is 0 Å². The number of carboxylic acids is 1. The Balaban J connectivity index is 2.29. The molecule has 0 aromatic heterocycles. The maximum absolute atomic E-state index is 11.3. The topological polar surface area (TPSA) is 70.3 Å². The molecule has 2 aromatic carbocycles. The van der Waals surface area contributed by atoms with Gasteiger partial charge in [-0.2, -0.15) is 0 Å². The molecule has 5 heteroatoms. The number of aliphatic carboxylic acids is 1. The third kappa shape index (κ3) is 3.17. The van der Waals surface area contributed by atoms with Crippen molar-refractivity contribution in [3.05, 3.63) is 64.9 Å². The van der Waals surface area contributed by atoms with Gasteiger partial charge in [-0.1, -0.05) is 53.7 Å². The number of benzene rings is 2. The van der Waals surface area contributed by atoms with Gasteiger partial charge in [-0.3, -0.25) is 0 Å². The van der Waals surface area contributed by atoms with Gasteiger partial charge >= 0.3 is 5.97 Å². The Kier molecular flexibility index (Phi) is 3.92. The summed E-state index contributed by atoms with van der Waals surface area (Å²) in [6, 6.07) is 13.0. The Hall–Kier alpha value is -2.20. The van der Waals surface area contributed by atoms with E-state index in [-0.39, 0.29) is 11.4 Å². The summed E-state index contributed by atoms with van der Waals surface area (Å²) in [5.74, 6) is -0.929. The zero-order valence-corrected chi connectivity index (χ0v) is 10.6. The van der Waals surface area contributed by atoms with E-state index < -0.39 is 12.1 Å². The van der Waals surface area contributed by atoms with Crippen LogP contribution in [-0.4, -0.2) is 11.1 Å². The van der Waals surface area contributed by atoms with Crippen molar-refractivity contribution in [2.45, 2.75) is 6.10 Å². The van der Waals surface area contributed by atoms with Gasteiger partial charge in [0.1, 0.15) is 5.75 Å². The maximum atomic E-state index is 11.3. The van der Waals surface area contributed by atoms with Crippen LogP contribution in [0.2, 0.25) is 5.02 Å². The Morgan fingerprint density at radius 2 is 1.89 bits per heavy atom. The van der Waals surface area contributed by atoms with Crippen LogP contribution in [0.5, 0.6) is 5.75 Å². The molecule has 4 nitrogen and oxygen atoms in total. The summed E-state index contributed by atoms with van der Waals surface area (Å²) < 4.78 is 5.40. The Bertz CT molecular complexity index is 586. The number of rotatable bonds is 4. The first-order valence-electron chi connectivity index (χ1n) is 5.53. The predicted octanol–water partition coefficient (Wildman–Crippen LogP) is 4.23. The summed E-state index contributed by atoms with van der Waals surface area (Å²) in [5, 5.41) is 9.63. The van der Waals surface area contributed by atoms with Crippen LogP contribution in [0.1, 0.15) is 11.7 Å². The lowest BCUT2D eigenvalue weighted by Gasteiger charge is -2.19. The van der Waals surface area contributed by atoms with E-state index in [9.17, 15) is 9.90 Å². The predicted molar refractivity (Wildman–Crippen MR) is 72.9 cm³/mol. The van der Waals surface area contributed by atoms with Crippen LogP contribution < -0.4 is 4.74 Å². The number of hydrogen-bond donors (Lipinski definition) is 1. The molecule has 0 spiro atoms. The molecule has 2 N–H and O–H groups in total. The highest BCUT2D eigenvalue weighted by Gasteiger charge is 2.21. The standard InChI is InChI=1S/C14H11ClNO3/c15-10-6-7-12(11(16)8-10)19-13(14(17)18)9-4-2-1-3-5-9/h1-8,13,16H,(H,17,18)/q-1. The minimum Gasteiger partial charge on any atom is -0.696 e. The van der Waals surface area contributed by atoms with Gasteiger partial charge in [0.25, 0.3) is 0 Å². The maximum Gasteiger partial charge on any atom is 0.349 e. The van der Waals surface area contributed by atoms with Crippen LogP contribution in [0.3, 0.4) is 0 Å². The molecule has 0 aliphatic heterocycles. The molecule has 2 rings (SSSR count). The Morgan fingerprint density at radius 1 is 1.21 bits per heavy atom. The highest BCUT2D eigenvalue weighted by atomic mass is 35.5. The number of carboxylic acid groups (broad SMARTS) is 1. The van der Waals surface area contributed by atoms with Gasteiger partial charge in [0, 0.05) is 10.6 Å². The fraction of sp³-hybridized carbons (Fsp3) is 0.0714. The number of ether oxygens (including phenoxy) is 1. The van der Waals surface area contributed by atoms with Crippen molar-refractivity contribution >= 4 is 23.3 Å². The van der Waals surface area contributed by atoms with Crippen LogP contribution in [0.15, 0.2) is 48.5 Å². The quantitative estimate of drug-likeness (QED) is 0.908. The van der Waals surface area contributed by atoms with Crippen LogP contribution in [0.4, 0.5) is 5.69 Å². The number of nitrogens with one attached hydrogen (secondary N) is 1. The summed E-state index contributed by atoms with van der Waals surface area (Å²) in [6.07, 6.45) is -1.15. The molecule has 1 atom stereocenters. The van der Waals surface area contributed by atoms with Crippen molar-refractivity contribution in [1.82, 2.24) is 0 Å². The minimum absolute atomic E-state index is 0.0506. The third-order valence-corrected chi connectivity index (χ3v) is 2.75. The summed E-state index contributed by atoms with van der Waals surface area (Å²) in [6.45, 7) is 0. The summed E-state index contributed by atoms with van der Waals surface area (Å²) >= 11 is 5.74. The molecule has 19 heavy (non-hydrogen) atoms. The van der Waals surface area contributed by atoms with Crippen molar-refractivity contribution in [2.75, 3.05) is 0 Å². The second-order valence-electron chi connectivity index (χ2n) is 3.89. The SMILES string of the molecule is [NH-]c1cc(Cl)ccc1OC(C(=O)O)c1ccccc1. The van der Waals surface area contributed by atoms with Gasteiger partial charge in [0.2, 0.25) is 6.10 Å². The van der Waals surface area contributed by atoms with Crippen LogP contribution in [-0.2, 0) is 4.79 Å². The molecule has 0 aliphatic rings. The molecule has 0 saturated carbocycles. The fourth-order valence-electron chi connectivity index (χ4n) is 1.62. The number of halogens is 1. The van der Waals surface area contributed by atoms with Crippen molar-refractivity contribution in [1.29, 1.82) is 0 Å². The normalized spacial score (nSPS) is 11.8. The average molecular weight is 277 g/mol. The van der Waals surface area contributed by atoms with E-state index in [2.05, 4.69) is 0 Å². The molecular formula is C14H11ClNO3-. The molecule has 0 amide bonds. The van der Waals surface area contributed by atoms with Gasteiger partial charge in [-0.25, -0.2) is 4.79 Å². The molecule has 1 unspecified atom stereocenters. The molecule has 2 aromatic rings. The van der Waals surface area contributed by atoms with Gasteiger partial charge in [-0.05, 0) is 12.1 Å². The lowest BCUT2D eigenvalue weighted by molar-refractivity contribution is -0.145. The smallest absolute Gasteiger partial charge is 0.349 e. The Labute approximate surface area is 115 Å². The molecule has 0 aliphatic carbocycles. The van der Waals surface area contributed by atoms with Crippen molar-refractivity contribution in [3.8, 4) is 5.75 Å². The van der Waals surface area contributed by atoms with E-state index in [4.69, 9.17) is 22.1 Å². The Morgan fingerprint density at radius 3 is 2.47 bits per heavy atom. The van der Waals surface area contributed by atoms with Gasteiger partial charge in [0.15, 0.2) is 0 Å². The third-order valence-electron chi connectivity index (χ3n) is 2.51. The molecule has 0 saturated heterocycles. The van der Waals surface area contributed by atoms with Crippen LogP contribution in [0, 0.1) is 0 Å². The minimum atomic E-state index is -1.15. The summed E-state index contributed by atoms with van der Waals surface area (Å²) in [4.78, 5) is 11.3. The van der Waals surface area contributed by atoms with E-state index in [0.29, 0.717) is 10.6 Å². The zero-order valence-electron chi connectivity index (χ0n) is 9.84. The first-order chi connectivity index (χ1) is 9.08. The molecule has 0 fully saturated rings. The summed E-state index contributed by atoms with van der Waals surface area (Å²) in [7, 11) is 0. The highest BCUT2D eigenvalue weighted by molar-refractivity contribution is 6.30. The van der Waals surface area contributed by atoms with E-state index in [1.54, 1.807) is 36.4 Å². The molecule has 0 heterocycles. The van der Waals surface area contributed by atoms with E-state index in [0.717, 1.165) is 0 Å². The monoisotopic (exact) mass is 276 g/mol. The first-order valence-corrected chi connectivity index (χ1v) is 5.91. The van der Waals surface area contributed by atoms with Gasteiger partial charge in [0.05, 0.1) is 0 Å². The molecule has 98 valence electrons. The van der Waals surface area contributed by atoms with Crippen LogP contribution in [0.25, 0.3) is 5.73 Å². The van der Waals surface area contributed by atoms with Crippen molar-refractivity contribution in [2.24, 2.45) is 0 Å². The highest BCUT2D eigenvalue weighted by Crippen LogP contribution is 2.33. The molecule has 0 radical (unpaired) electrons. The summed E-state index contributed by atoms with van der Waals surface area (Å²) in [5.41, 5.74) is 8.27. The van der Waals surface area contributed by atoms with Crippen LogP contribution >= 0.6 is 11.6 Å². The van der Waals surface area contributed by atoms with E-state index >= 15 is 0 Å². The van der Waals surface area contributed by atoms with Gasteiger partial charge < -0.3 is 15.6 Å². The molecule has 0 bridgehead atoms.